The highest BCUT2D eigenvalue weighted by Crippen LogP contribution is 2.38. The highest BCUT2D eigenvalue weighted by molar-refractivity contribution is 6.07. The number of benzene rings is 6. The van der Waals surface area contributed by atoms with E-state index in [-0.39, 0.29) is 0 Å². The highest BCUT2D eigenvalue weighted by Gasteiger charge is 2.26. The van der Waals surface area contributed by atoms with Crippen molar-refractivity contribution in [1.82, 2.24) is 58.8 Å². The summed E-state index contributed by atoms with van der Waals surface area (Å²) in [5, 5.41) is 6.83. The zero-order chi connectivity index (χ0) is 54.8. The van der Waals surface area contributed by atoms with Crippen LogP contribution in [-0.4, -0.2) is 258 Å². The van der Waals surface area contributed by atoms with Gasteiger partial charge in [-0.1, -0.05) is 72.8 Å². The van der Waals surface area contributed by atoms with Crippen molar-refractivity contribution in [1.29, 1.82) is 0 Å². The van der Waals surface area contributed by atoms with Crippen molar-refractivity contribution in [2.45, 2.75) is 0 Å². The maximum absolute atomic E-state index is 4.99. The van der Waals surface area contributed by atoms with Crippen LogP contribution in [-0.2, 0) is 0 Å². The Morgan fingerprint density at radius 1 is 0.205 bits per heavy atom. The summed E-state index contributed by atoms with van der Waals surface area (Å²) in [4.78, 5) is 56.4. The third-order valence-electron chi connectivity index (χ3n) is 15.6. The minimum atomic E-state index is 0.973. The van der Waals surface area contributed by atoms with Gasteiger partial charge < -0.3 is 58.8 Å². The molecule has 0 aromatic heterocycles. The Morgan fingerprint density at radius 3 is 0.462 bits per heavy atom. The fourth-order valence-electron chi connectivity index (χ4n) is 10.9. The lowest BCUT2D eigenvalue weighted by molar-refractivity contribution is 0.553. The third-order valence-corrected chi connectivity index (χ3v) is 15.6. The van der Waals surface area contributed by atoms with E-state index in [2.05, 4.69) is 253 Å². The Morgan fingerprint density at radius 2 is 0.333 bits per heavy atom. The SMILES string of the molecule is CN1CCN(C)C1=Nc1cccc2cccc(N=C3N(C)CCN3C)c12.CN1CCN(C)C1=Nc1cccc2cccc(N=C3N(C)CCN3C)c12.CN1CCN(C)C1=Nc1cccc2cccc(N=C3N(C)CCN3C)c12. The summed E-state index contributed by atoms with van der Waals surface area (Å²) in [7, 11) is 25.1. The van der Waals surface area contributed by atoms with Crippen LogP contribution in [0.5, 0.6) is 0 Å². The molecule has 0 radical (unpaired) electrons. The zero-order valence-electron chi connectivity index (χ0n) is 47.9. The standard InChI is InChI=1S/3C20H26N6/c3*1-23-11-12-24(2)19(23)21-16-9-5-7-15-8-6-10-17(18(15)16)22-20-25(3)13-14-26(20)4/h3*5-10H,11-14H2,1-4H3. The van der Waals surface area contributed by atoms with Gasteiger partial charge in [0.1, 0.15) is 0 Å². The molecule has 0 N–H and O–H groups in total. The van der Waals surface area contributed by atoms with Gasteiger partial charge in [0.25, 0.3) is 0 Å². The Hall–Kier alpha value is -8.28. The average Bonchev–Trinajstić information content (AvgIpc) is 4.33. The number of nitrogens with zero attached hydrogens (tertiary/aromatic N) is 18. The van der Waals surface area contributed by atoms with E-state index in [1.54, 1.807) is 0 Å². The van der Waals surface area contributed by atoms with E-state index in [4.69, 9.17) is 30.0 Å². The molecule has 18 heteroatoms. The fourth-order valence-corrected chi connectivity index (χ4v) is 10.9. The zero-order valence-corrected chi connectivity index (χ0v) is 47.9. The van der Waals surface area contributed by atoms with Crippen molar-refractivity contribution in [3.8, 4) is 0 Å². The molecule has 78 heavy (non-hydrogen) atoms. The minimum Gasteiger partial charge on any atom is -0.344 e. The quantitative estimate of drug-likeness (QED) is 0.163. The molecule has 18 nitrogen and oxygen atoms in total. The number of hydrogen-bond acceptors (Lipinski definition) is 6. The summed E-state index contributed by atoms with van der Waals surface area (Å²) in [6.45, 7) is 12.1. The first kappa shape index (κ1) is 53.1. The van der Waals surface area contributed by atoms with E-state index < -0.39 is 0 Å². The van der Waals surface area contributed by atoms with Crippen LogP contribution in [0.3, 0.4) is 0 Å². The van der Waals surface area contributed by atoms with Crippen LogP contribution >= 0.6 is 0 Å². The Labute approximate surface area is 461 Å². The molecule has 12 rings (SSSR count). The molecule has 6 aliphatic rings. The lowest BCUT2D eigenvalue weighted by Crippen LogP contribution is -2.28. The van der Waals surface area contributed by atoms with Crippen LogP contribution < -0.4 is 0 Å². The first-order valence-corrected chi connectivity index (χ1v) is 27.2. The molecular formula is C60H78N18. The molecule has 0 aliphatic carbocycles. The van der Waals surface area contributed by atoms with Crippen LogP contribution in [0.2, 0.25) is 0 Å². The van der Waals surface area contributed by atoms with Gasteiger partial charge in [-0.3, -0.25) is 0 Å². The first-order valence-electron chi connectivity index (χ1n) is 27.2. The largest absolute Gasteiger partial charge is 0.344 e. The summed E-state index contributed by atoms with van der Waals surface area (Å²) in [6, 6.07) is 37.7. The number of hydrogen-bond donors (Lipinski definition) is 0. The van der Waals surface area contributed by atoms with Gasteiger partial charge >= 0.3 is 0 Å². The highest BCUT2D eigenvalue weighted by atomic mass is 15.4. The van der Waals surface area contributed by atoms with Crippen molar-refractivity contribution in [2.75, 3.05) is 163 Å². The van der Waals surface area contributed by atoms with Gasteiger partial charge in [0.15, 0.2) is 0 Å². The van der Waals surface area contributed by atoms with E-state index in [0.29, 0.717) is 0 Å². The maximum Gasteiger partial charge on any atom is 0.201 e. The summed E-state index contributed by atoms with van der Waals surface area (Å²) in [5.74, 6) is 6.06. The number of aliphatic imine (C=N–C) groups is 6. The van der Waals surface area contributed by atoms with Gasteiger partial charge in [0, 0.05) is 179 Å². The van der Waals surface area contributed by atoms with E-state index in [9.17, 15) is 0 Å². The van der Waals surface area contributed by atoms with Gasteiger partial charge in [-0.05, 0) is 52.6 Å². The van der Waals surface area contributed by atoms with Crippen LogP contribution in [0.4, 0.5) is 34.1 Å². The van der Waals surface area contributed by atoms with E-state index >= 15 is 0 Å². The monoisotopic (exact) mass is 1050 g/mol. The van der Waals surface area contributed by atoms with Crippen molar-refractivity contribution in [3.63, 3.8) is 0 Å². The van der Waals surface area contributed by atoms with Crippen molar-refractivity contribution in [2.24, 2.45) is 30.0 Å². The van der Waals surface area contributed by atoms with Crippen LogP contribution in [0.1, 0.15) is 0 Å². The molecular weight excluding hydrogens is 973 g/mol. The number of rotatable bonds is 6. The Bertz CT molecular complexity index is 2730. The topological polar surface area (TPSA) is 113 Å². The molecule has 0 atom stereocenters. The predicted molar refractivity (Wildman–Crippen MR) is 326 cm³/mol. The van der Waals surface area contributed by atoms with Gasteiger partial charge in [-0.2, -0.15) is 0 Å². The Balaban J connectivity index is 0.000000132. The maximum atomic E-state index is 4.99. The molecule has 408 valence electrons. The van der Waals surface area contributed by atoms with E-state index in [0.717, 1.165) is 165 Å². The minimum absolute atomic E-state index is 0.973. The van der Waals surface area contributed by atoms with Gasteiger partial charge in [-0.15, -0.1) is 0 Å². The average molecular weight is 1050 g/mol. The molecule has 6 fully saturated rings. The number of guanidine groups is 6. The molecule has 0 spiro atoms. The molecule has 6 heterocycles. The lowest BCUT2D eigenvalue weighted by Gasteiger charge is -2.18. The van der Waals surface area contributed by atoms with Gasteiger partial charge in [-0.25, -0.2) is 30.0 Å². The normalized spacial score (nSPS) is 17.7. The molecule has 6 saturated heterocycles. The lowest BCUT2D eigenvalue weighted by atomic mass is 10.1. The second-order valence-corrected chi connectivity index (χ2v) is 21.5. The van der Waals surface area contributed by atoms with Crippen LogP contribution in [0.15, 0.2) is 139 Å². The van der Waals surface area contributed by atoms with Gasteiger partial charge in [0.05, 0.1) is 34.1 Å². The number of fused-ring (bicyclic) bond motifs is 3. The molecule has 0 unspecified atom stereocenters. The smallest absolute Gasteiger partial charge is 0.201 e. The fraction of sp³-hybridized carbons (Fsp3) is 0.400. The van der Waals surface area contributed by atoms with Crippen LogP contribution in [0, 0.1) is 0 Å². The first-order chi connectivity index (χ1) is 37.6. The van der Waals surface area contributed by atoms with Crippen molar-refractivity contribution in [3.05, 3.63) is 109 Å². The summed E-state index contributed by atoms with van der Waals surface area (Å²) < 4.78 is 0. The number of likely N-dealkylation sites (N-methyl/N-ethyl adjacent to an activating group) is 12. The molecule has 0 bridgehead atoms. The second kappa shape index (κ2) is 22.7. The molecule has 6 aliphatic heterocycles. The summed E-state index contributed by atoms with van der Waals surface area (Å²) in [5.41, 5.74) is 5.84. The van der Waals surface area contributed by atoms with E-state index in [1.807, 2.05) is 0 Å². The van der Waals surface area contributed by atoms with Crippen molar-refractivity contribution >= 4 is 102 Å². The molecule has 6 aromatic rings. The van der Waals surface area contributed by atoms with E-state index in [1.165, 1.54) is 16.2 Å². The Kier molecular flexibility index (Phi) is 15.5. The molecule has 0 amide bonds. The van der Waals surface area contributed by atoms with Gasteiger partial charge in [0.2, 0.25) is 35.8 Å². The predicted octanol–water partition coefficient (Wildman–Crippen LogP) is 7.71. The third kappa shape index (κ3) is 11.0. The molecule has 6 aromatic carbocycles. The second-order valence-electron chi connectivity index (χ2n) is 21.5. The summed E-state index contributed by atoms with van der Waals surface area (Å²) in [6.07, 6.45) is 0. The van der Waals surface area contributed by atoms with Crippen LogP contribution in [0.25, 0.3) is 32.3 Å². The summed E-state index contributed by atoms with van der Waals surface area (Å²) >= 11 is 0. The van der Waals surface area contributed by atoms with Crippen molar-refractivity contribution < 1.29 is 0 Å². The molecule has 0 saturated carbocycles.